The molecule has 1 unspecified atom stereocenters. The number of hydrogen-bond donors (Lipinski definition) is 1. The van der Waals surface area contributed by atoms with Gasteiger partial charge in [0.05, 0.1) is 34.1 Å². The second-order valence-electron chi connectivity index (χ2n) is 9.50. The Labute approximate surface area is 203 Å². The number of carbonyl (C=O) groups excluding carboxylic acids is 1. The molecule has 6 heteroatoms. The Bertz CT molecular complexity index is 1570. The lowest BCUT2D eigenvalue weighted by atomic mass is 9.91. The molecule has 1 N–H and O–H groups in total. The second kappa shape index (κ2) is 8.21. The first kappa shape index (κ1) is 21.3. The number of nitriles is 1. The molecule has 35 heavy (non-hydrogen) atoms. The molecule has 6 rings (SSSR count). The van der Waals surface area contributed by atoms with Crippen LogP contribution in [0.3, 0.4) is 0 Å². The highest BCUT2D eigenvalue weighted by molar-refractivity contribution is 6.09. The van der Waals surface area contributed by atoms with Gasteiger partial charge in [0.2, 0.25) is 5.91 Å². The van der Waals surface area contributed by atoms with Gasteiger partial charge in [0.1, 0.15) is 5.82 Å². The van der Waals surface area contributed by atoms with Crippen LogP contribution in [-0.4, -0.2) is 21.2 Å². The van der Waals surface area contributed by atoms with Crippen molar-refractivity contribution in [1.29, 1.82) is 5.26 Å². The molecule has 1 amide bonds. The summed E-state index contributed by atoms with van der Waals surface area (Å²) < 4.78 is 2.28. The van der Waals surface area contributed by atoms with Crippen molar-refractivity contribution in [2.45, 2.75) is 39.0 Å². The van der Waals surface area contributed by atoms with Crippen LogP contribution in [0.15, 0.2) is 65.8 Å². The maximum atomic E-state index is 11.8. The van der Waals surface area contributed by atoms with Crippen LogP contribution in [0.25, 0.3) is 27.8 Å². The molecule has 1 saturated carbocycles. The average Bonchev–Trinajstić information content (AvgIpc) is 3.65. The van der Waals surface area contributed by atoms with Crippen LogP contribution in [0, 0.1) is 24.2 Å². The minimum Gasteiger partial charge on any atom is -0.295 e. The minimum absolute atomic E-state index is 0.0467. The molecule has 1 fully saturated rings. The number of nitrogens with zero attached hydrogens (tertiary/aromatic N) is 4. The number of fused-ring (bicyclic) bond motifs is 1. The van der Waals surface area contributed by atoms with Crippen molar-refractivity contribution in [3.8, 4) is 22.9 Å². The summed E-state index contributed by atoms with van der Waals surface area (Å²) in [5, 5.41) is 14.1. The zero-order chi connectivity index (χ0) is 24.1. The Kier molecular flexibility index (Phi) is 5.00. The highest BCUT2D eigenvalue weighted by Crippen LogP contribution is 2.44. The molecule has 2 aliphatic rings. The number of aromatic nitrogens is 2. The molecule has 1 atom stereocenters. The molecular weight excluding hydrogens is 434 g/mol. The van der Waals surface area contributed by atoms with Crippen LogP contribution < -0.4 is 5.43 Å². The van der Waals surface area contributed by atoms with Gasteiger partial charge in [-0.2, -0.15) is 10.4 Å². The fourth-order valence-corrected chi connectivity index (χ4v) is 5.13. The van der Waals surface area contributed by atoms with E-state index in [0.717, 1.165) is 63.4 Å². The van der Waals surface area contributed by atoms with Crippen LogP contribution in [0.4, 0.5) is 0 Å². The molecule has 1 aliphatic carbocycles. The molecule has 0 spiro atoms. The molecule has 0 radical (unpaired) electrons. The van der Waals surface area contributed by atoms with E-state index in [-0.39, 0.29) is 11.8 Å². The summed E-state index contributed by atoms with van der Waals surface area (Å²) in [5.41, 5.74) is 11.3. The predicted octanol–water partition coefficient (Wildman–Crippen LogP) is 5.61. The fraction of sp³-hybridized carbons (Fsp3) is 0.241. The molecule has 3 aromatic carbocycles. The fourth-order valence-electron chi connectivity index (χ4n) is 5.13. The Morgan fingerprint density at radius 1 is 1.00 bits per heavy atom. The van der Waals surface area contributed by atoms with Crippen LogP contribution in [0.2, 0.25) is 0 Å². The van der Waals surface area contributed by atoms with Crippen LogP contribution in [0.5, 0.6) is 0 Å². The highest BCUT2D eigenvalue weighted by atomic mass is 16.2. The van der Waals surface area contributed by atoms with E-state index in [2.05, 4.69) is 52.4 Å². The summed E-state index contributed by atoms with van der Waals surface area (Å²) in [6, 6.07) is 22.6. The van der Waals surface area contributed by atoms with E-state index < -0.39 is 0 Å². The lowest BCUT2D eigenvalue weighted by Crippen LogP contribution is -2.32. The van der Waals surface area contributed by atoms with Gasteiger partial charge in [0.15, 0.2) is 0 Å². The third-order valence-electron chi connectivity index (χ3n) is 7.07. The Morgan fingerprint density at radius 2 is 1.74 bits per heavy atom. The van der Waals surface area contributed by atoms with E-state index >= 15 is 0 Å². The van der Waals surface area contributed by atoms with Gasteiger partial charge in [-0.05, 0) is 43.5 Å². The largest absolute Gasteiger partial charge is 0.295 e. The molecule has 0 saturated heterocycles. The van der Waals surface area contributed by atoms with Gasteiger partial charge in [-0.3, -0.25) is 9.36 Å². The summed E-state index contributed by atoms with van der Waals surface area (Å²) in [6.07, 6.45) is 2.69. The molecule has 6 nitrogen and oxygen atoms in total. The molecule has 1 aliphatic heterocycles. The highest BCUT2D eigenvalue weighted by Gasteiger charge is 2.32. The van der Waals surface area contributed by atoms with E-state index in [1.165, 1.54) is 0 Å². The normalized spacial score (nSPS) is 17.7. The number of para-hydroxylation sites is 1. The number of nitrogens with one attached hydrogen (secondary N) is 1. The van der Waals surface area contributed by atoms with E-state index in [4.69, 9.17) is 4.98 Å². The van der Waals surface area contributed by atoms with Gasteiger partial charge in [-0.25, -0.2) is 10.4 Å². The Balaban J connectivity index is 1.58. The van der Waals surface area contributed by atoms with E-state index in [9.17, 15) is 10.1 Å². The zero-order valence-electron chi connectivity index (χ0n) is 19.7. The number of amides is 1. The summed E-state index contributed by atoms with van der Waals surface area (Å²) in [4.78, 5) is 17.0. The maximum Gasteiger partial charge on any atom is 0.240 e. The molecule has 172 valence electrons. The van der Waals surface area contributed by atoms with E-state index in [1.54, 1.807) is 0 Å². The smallest absolute Gasteiger partial charge is 0.240 e. The molecule has 0 bridgehead atoms. The minimum atomic E-state index is -0.0467. The average molecular weight is 460 g/mol. The van der Waals surface area contributed by atoms with Gasteiger partial charge in [0, 0.05) is 34.9 Å². The van der Waals surface area contributed by atoms with Gasteiger partial charge in [-0.1, -0.05) is 49.4 Å². The first-order valence-electron chi connectivity index (χ1n) is 12.0. The van der Waals surface area contributed by atoms with Crippen LogP contribution in [-0.2, 0) is 4.79 Å². The summed E-state index contributed by atoms with van der Waals surface area (Å²) in [5.74, 6) is 1.49. The number of rotatable bonds is 4. The first-order chi connectivity index (χ1) is 17.1. The molecule has 2 heterocycles. The maximum absolute atomic E-state index is 11.8. The Morgan fingerprint density at radius 3 is 2.49 bits per heavy atom. The third kappa shape index (κ3) is 3.52. The standard InChI is InChI=1S/C29H25N5O/c1-17-15-26(35)32-33-27(17)21-13-14-25-28(18(21)2)31-29(19-11-12-19)34(25)24-10-6-5-9-23(24)22-8-4-3-7-20(22)16-30/h3-10,13-14,17,19H,11-12,15H2,1-2H3,(H,32,35). The number of hydrazone groups is 1. The lowest BCUT2D eigenvalue weighted by molar-refractivity contribution is -0.121. The monoisotopic (exact) mass is 459 g/mol. The molecule has 4 aromatic rings. The van der Waals surface area contributed by atoms with E-state index in [0.29, 0.717) is 17.9 Å². The van der Waals surface area contributed by atoms with Crippen molar-refractivity contribution < 1.29 is 4.79 Å². The van der Waals surface area contributed by atoms with Gasteiger partial charge >= 0.3 is 0 Å². The number of benzene rings is 3. The van der Waals surface area contributed by atoms with Crippen molar-refractivity contribution in [2.24, 2.45) is 11.0 Å². The summed E-state index contributed by atoms with van der Waals surface area (Å²) in [7, 11) is 0. The Hall–Kier alpha value is -4.24. The first-order valence-corrected chi connectivity index (χ1v) is 12.0. The zero-order valence-corrected chi connectivity index (χ0v) is 19.7. The quantitative estimate of drug-likeness (QED) is 0.431. The second-order valence-corrected chi connectivity index (χ2v) is 9.50. The third-order valence-corrected chi connectivity index (χ3v) is 7.07. The SMILES string of the molecule is Cc1c(C2=NNC(=O)CC2C)ccc2c1nc(C1CC1)n2-c1ccccc1-c1ccccc1C#N. The number of imidazole rings is 1. The summed E-state index contributed by atoms with van der Waals surface area (Å²) in [6.45, 7) is 4.13. The number of hydrogen-bond acceptors (Lipinski definition) is 4. The van der Waals surface area contributed by atoms with Crippen LogP contribution >= 0.6 is 0 Å². The van der Waals surface area contributed by atoms with Crippen molar-refractivity contribution in [3.05, 3.63) is 83.2 Å². The predicted molar refractivity (Wildman–Crippen MR) is 136 cm³/mol. The topological polar surface area (TPSA) is 83.1 Å². The lowest BCUT2D eigenvalue weighted by Gasteiger charge is -2.20. The number of carbonyl (C=O) groups is 1. The van der Waals surface area contributed by atoms with Gasteiger partial charge < -0.3 is 0 Å². The van der Waals surface area contributed by atoms with Crippen molar-refractivity contribution in [2.75, 3.05) is 0 Å². The molecule has 1 aromatic heterocycles. The van der Waals surface area contributed by atoms with Crippen molar-refractivity contribution >= 4 is 22.7 Å². The summed E-state index contributed by atoms with van der Waals surface area (Å²) >= 11 is 0. The van der Waals surface area contributed by atoms with Crippen LogP contribution in [0.1, 0.15) is 54.6 Å². The van der Waals surface area contributed by atoms with E-state index in [1.807, 2.05) is 43.3 Å². The molecular formula is C29H25N5O. The van der Waals surface area contributed by atoms with Gasteiger partial charge in [-0.15, -0.1) is 0 Å². The van der Waals surface area contributed by atoms with Crippen molar-refractivity contribution in [1.82, 2.24) is 15.0 Å². The van der Waals surface area contributed by atoms with Gasteiger partial charge in [0.25, 0.3) is 0 Å². The van der Waals surface area contributed by atoms with Crippen molar-refractivity contribution in [3.63, 3.8) is 0 Å². The number of aryl methyl sites for hydroxylation is 1.